The van der Waals surface area contributed by atoms with Gasteiger partial charge in [-0.2, -0.15) is 87.4 Å². The molecule has 0 aliphatic carbocycles. The number of halogens is 20. The van der Waals surface area contributed by atoms with Gasteiger partial charge in [-0.05, 0) is 0 Å². The van der Waals surface area contributed by atoms with Crippen LogP contribution in [0.15, 0.2) is 11.0 Å². The first-order valence-corrected chi connectivity index (χ1v) is 14.6. The number of alkyl halides is 20. The summed E-state index contributed by atoms with van der Waals surface area (Å²) in [7, 11) is -5.89. The summed E-state index contributed by atoms with van der Waals surface area (Å²) in [5.74, 6) is -21.9. The van der Waals surface area contributed by atoms with Crippen molar-refractivity contribution in [2.24, 2.45) is 0 Å². The Balaban J connectivity index is 5.24. The van der Waals surface area contributed by atoms with Gasteiger partial charge in [0.05, 0.1) is 6.08 Å². The zero-order valence-electron chi connectivity index (χ0n) is 22.6. The minimum atomic E-state index is -7.18. The molecule has 0 fully saturated rings. The molecule has 0 bridgehead atoms. The van der Waals surface area contributed by atoms with Crippen molar-refractivity contribution in [3.8, 4) is 0 Å². The summed E-state index contributed by atoms with van der Waals surface area (Å²) in [4.78, 5) is 21.2. The van der Waals surface area contributed by atoms with Crippen LogP contribution in [0.2, 0.25) is 0 Å². The van der Waals surface area contributed by atoms with Gasteiger partial charge in [0.15, 0.2) is 4.91 Å². The van der Waals surface area contributed by atoms with E-state index in [1.807, 2.05) is 0 Å². The van der Waals surface area contributed by atoms with Crippen molar-refractivity contribution in [3.05, 3.63) is 11.0 Å². The number of hydrogen-bond acceptors (Lipinski definition) is 10. The predicted molar refractivity (Wildman–Crippen MR) is 120 cm³/mol. The number of hydrogen-bond donors (Lipinski definition) is 1. The maximum Gasteiger partial charge on any atom is 0.462 e. The highest BCUT2D eigenvalue weighted by molar-refractivity contribution is 8.00. The molecule has 2 atom stereocenters. The van der Waals surface area contributed by atoms with Gasteiger partial charge >= 0.3 is 69.0 Å². The highest BCUT2D eigenvalue weighted by Crippen LogP contribution is 2.50. The SMILES string of the molecule is O=C(/C=C(\C(=O)OCCSC(F)(F)C(F)OC(F)(F)C(F)(F)C(F)(F)F)S(=O)(=O)O)OCCSC(F)(F)C(F)OC(F)(F)C(F)(F)C(F)(F)F. The van der Waals surface area contributed by atoms with E-state index in [-0.39, 0.29) is 0 Å². The number of thioether (sulfide) groups is 2. The van der Waals surface area contributed by atoms with E-state index in [4.69, 9.17) is 4.55 Å². The van der Waals surface area contributed by atoms with Crippen LogP contribution < -0.4 is 0 Å². The van der Waals surface area contributed by atoms with Crippen molar-refractivity contribution in [1.29, 1.82) is 0 Å². The van der Waals surface area contributed by atoms with Crippen molar-refractivity contribution in [2.45, 2.75) is 59.6 Å². The molecule has 32 heteroatoms. The second-order valence-corrected chi connectivity index (χ2v) is 12.0. The Morgan fingerprint density at radius 2 is 0.940 bits per heavy atom. The normalized spacial score (nSPS) is 16.2. The van der Waals surface area contributed by atoms with Gasteiger partial charge < -0.3 is 9.47 Å². The molecule has 0 saturated carbocycles. The van der Waals surface area contributed by atoms with E-state index in [0.717, 1.165) is 0 Å². The molecule has 0 heterocycles. The molecule has 296 valence electrons. The number of carbonyl (C=O) groups is 2. The molecule has 2 unspecified atom stereocenters. The Morgan fingerprint density at radius 3 is 1.24 bits per heavy atom. The van der Waals surface area contributed by atoms with Gasteiger partial charge in [-0.1, -0.05) is 23.5 Å². The zero-order chi connectivity index (χ0) is 40.2. The zero-order valence-corrected chi connectivity index (χ0v) is 25.0. The molecule has 1 N–H and O–H groups in total. The Kier molecular flexibility index (Phi) is 15.5. The van der Waals surface area contributed by atoms with Gasteiger partial charge in [0.2, 0.25) is 0 Å². The lowest BCUT2D eigenvalue weighted by Gasteiger charge is -2.30. The first-order valence-electron chi connectivity index (χ1n) is 11.2. The summed E-state index contributed by atoms with van der Waals surface area (Å²) < 4.78 is 300. The number of carbonyl (C=O) groups excluding carboxylic acids is 2. The molecule has 0 rings (SSSR count). The smallest absolute Gasteiger partial charge is 0.462 e. The van der Waals surface area contributed by atoms with Gasteiger partial charge in [0, 0.05) is 11.5 Å². The number of esters is 2. The van der Waals surface area contributed by atoms with Gasteiger partial charge in [-0.25, -0.2) is 18.4 Å². The monoisotopic (exact) mass is 848 g/mol. The van der Waals surface area contributed by atoms with Crippen LogP contribution in [-0.2, 0) is 38.7 Å². The summed E-state index contributed by atoms with van der Waals surface area (Å²) in [6.07, 6.45) is -38.3. The van der Waals surface area contributed by atoms with Gasteiger partial charge in [0.25, 0.3) is 12.7 Å². The van der Waals surface area contributed by atoms with Gasteiger partial charge in [-0.15, -0.1) is 0 Å². The van der Waals surface area contributed by atoms with Crippen LogP contribution in [-0.4, -0.2) is 109 Å². The van der Waals surface area contributed by atoms with E-state index in [0.29, 0.717) is 0 Å². The Bertz CT molecular complexity index is 1320. The molecule has 0 aromatic rings. The van der Waals surface area contributed by atoms with E-state index in [1.54, 1.807) is 0 Å². The lowest BCUT2D eigenvalue weighted by molar-refractivity contribution is -0.446. The summed E-state index contributed by atoms with van der Waals surface area (Å²) in [5, 5.41) is -10.8. The molecular weight excluding hydrogens is 836 g/mol. The molecule has 0 spiro atoms. The standard InChI is InChI=1S/C18H12F20O9S3/c19-9(46-17(35,36)13(25,26)15(29,30)31)11(21,22)48-3-1-44-7(39)5-6(50(41,42)43)8(40)45-2-4-49-12(23,24)10(20)47-18(37,38)14(27,28)16(32,33)34/h5,9-10H,1-4H2,(H,41,42,43)/b6-5+. The highest BCUT2D eigenvalue weighted by atomic mass is 32.2. The Hall–Kier alpha value is -2.19. The summed E-state index contributed by atoms with van der Waals surface area (Å²) in [6.45, 7) is -3.08. The molecule has 0 aromatic carbocycles. The second kappa shape index (κ2) is 16.2. The molecule has 0 aliphatic heterocycles. The van der Waals surface area contributed by atoms with Crippen LogP contribution in [0.4, 0.5) is 87.8 Å². The lowest BCUT2D eigenvalue weighted by Crippen LogP contribution is -2.55. The van der Waals surface area contributed by atoms with E-state index in [1.165, 1.54) is 0 Å². The minimum Gasteiger partial charge on any atom is -0.462 e. The second-order valence-electron chi connectivity index (χ2n) is 8.15. The number of ether oxygens (including phenoxy) is 4. The van der Waals surface area contributed by atoms with Crippen LogP contribution in [0.3, 0.4) is 0 Å². The summed E-state index contributed by atoms with van der Waals surface area (Å²) in [6, 6.07) is 0. The Morgan fingerprint density at radius 1 is 0.620 bits per heavy atom. The van der Waals surface area contributed by atoms with Crippen molar-refractivity contribution < 1.29 is 129 Å². The molecule has 0 amide bonds. The molecule has 0 aliphatic rings. The summed E-state index contributed by atoms with van der Waals surface area (Å²) in [5.41, 5.74) is 0. The van der Waals surface area contributed by atoms with Crippen molar-refractivity contribution in [3.63, 3.8) is 0 Å². The van der Waals surface area contributed by atoms with Crippen LogP contribution in [0.1, 0.15) is 0 Å². The van der Waals surface area contributed by atoms with Crippen molar-refractivity contribution in [1.82, 2.24) is 0 Å². The van der Waals surface area contributed by atoms with Gasteiger partial charge in [0.1, 0.15) is 13.2 Å². The Labute approximate surface area is 270 Å². The average Bonchev–Trinajstić information content (AvgIpc) is 2.89. The quantitative estimate of drug-likeness (QED) is 0.0491. The van der Waals surface area contributed by atoms with Crippen LogP contribution in [0.25, 0.3) is 0 Å². The predicted octanol–water partition coefficient (Wildman–Crippen LogP) is 6.70. The maximum atomic E-state index is 13.6. The van der Waals surface area contributed by atoms with E-state index in [2.05, 4.69) is 18.9 Å². The lowest BCUT2D eigenvalue weighted by atomic mass is 10.3. The minimum absolute atomic E-state index is 0.544. The number of rotatable bonds is 19. The van der Waals surface area contributed by atoms with Crippen LogP contribution in [0.5, 0.6) is 0 Å². The van der Waals surface area contributed by atoms with Crippen molar-refractivity contribution >= 4 is 45.6 Å². The van der Waals surface area contributed by atoms with Crippen molar-refractivity contribution in [2.75, 3.05) is 24.7 Å². The largest absolute Gasteiger partial charge is 0.462 e. The molecule has 9 nitrogen and oxygen atoms in total. The van der Waals surface area contributed by atoms with Gasteiger partial charge in [-0.3, -0.25) is 14.0 Å². The summed E-state index contributed by atoms with van der Waals surface area (Å²) >= 11 is -2.51. The molecule has 50 heavy (non-hydrogen) atoms. The third-order valence-electron chi connectivity index (χ3n) is 4.44. The highest BCUT2D eigenvalue weighted by Gasteiger charge is 2.77. The third-order valence-corrected chi connectivity index (χ3v) is 7.16. The molecule has 0 aromatic heterocycles. The molecular formula is C18H12F20O9S3. The third kappa shape index (κ3) is 12.5. The first kappa shape index (κ1) is 47.8. The molecule has 0 radical (unpaired) electrons. The van der Waals surface area contributed by atoms with E-state index >= 15 is 0 Å². The first-order chi connectivity index (χ1) is 21.9. The fourth-order valence-corrected chi connectivity index (χ4v) is 3.85. The fraction of sp³-hybridized carbons (Fsp3) is 0.778. The average molecular weight is 848 g/mol. The molecule has 0 saturated heterocycles. The topological polar surface area (TPSA) is 125 Å². The van der Waals surface area contributed by atoms with Crippen LogP contribution in [0, 0.1) is 0 Å². The van der Waals surface area contributed by atoms with Crippen LogP contribution >= 0.6 is 23.5 Å². The maximum absolute atomic E-state index is 13.6. The fourth-order valence-electron chi connectivity index (χ4n) is 2.10. The van der Waals surface area contributed by atoms with E-state index in [9.17, 15) is 106 Å². The van der Waals surface area contributed by atoms with E-state index < -0.39 is 141 Å².